The van der Waals surface area contributed by atoms with Crippen molar-refractivity contribution in [1.82, 2.24) is 40.5 Å². The van der Waals surface area contributed by atoms with E-state index in [-0.39, 0.29) is 10.8 Å². The average Bonchev–Trinajstić information content (AvgIpc) is 3.24. The van der Waals surface area contributed by atoms with Crippen LogP contribution < -0.4 is 42.1 Å². The first kappa shape index (κ1) is 40.5. The van der Waals surface area contributed by atoms with Crippen molar-refractivity contribution < 1.29 is 13.0 Å². The van der Waals surface area contributed by atoms with E-state index < -0.39 is 10.1 Å². The Kier molecular flexibility index (Phi) is 13.1. The van der Waals surface area contributed by atoms with Crippen molar-refractivity contribution in [2.24, 2.45) is 0 Å². The van der Waals surface area contributed by atoms with Crippen LogP contribution in [-0.2, 0) is 10.1 Å². The van der Waals surface area contributed by atoms with Crippen molar-refractivity contribution in [2.75, 3.05) is 83.8 Å². The van der Waals surface area contributed by atoms with E-state index in [4.69, 9.17) is 5.73 Å². The second kappa shape index (κ2) is 19.1. The van der Waals surface area contributed by atoms with Crippen LogP contribution in [0.15, 0.2) is 108 Å². The summed E-state index contributed by atoms with van der Waals surface area (Å²) < 4.78 is 32.9. The lowest BCUT2D eigenvalue weighted by atomic mass is 10.1. The molecule has 17 nitrogen and oxygen atoms in total. The molecule has 0 spiro atoms. The van der Waals surface area contributed by atoms with E-state index in [9.17, 15) is 13.0 Å². The first-order valence-electron chi connectivity index (χ1n) is 19.1. The lowest BCUT2D eigenvalue weighted by Gasteiger charge is -2.27. The monoisotopic (exact) mass is 814 g/mol. The molecule has 0 bridgehead atoms. The van der Waals surface area contributed by atoms with Crippen LogP contribution in [0.1, 0.15) is 16.7 Å². The van der Waals surface area contributed by atoms with Gasteiger partial charge in [0.25, 0.3) is 10.1 Å². The SMILES string of the molecule is Cc1cc(Nc2nc(Nc3ccccc3)nc(N3CCNCC3)n2)ccc1/C=C/c1ccccc1S(=O)(=O)O.Nc1nc(Nc2ccccc2)nc(N2CCNCC2)n1. The van der Waals surface area contributed by atoms with Crippen LogP contribution in [0.5, 0.6) is 0 Å². The largest absolute Gasteiger partial charge is 0.368 e. The summed E-state index contributed by atoms with van der Waals surface area (Å²) in [6.07, 6.45) is 3.49. The number of aryl methyl sites for hydroxylation is 1. The van der Waals surface area contributed by atoms with Gasteiger partial charge in [-0.1, -0.05) is 72.8 Å². The molecule has 6 aromatic rings. The summed E-state index contributed by atoms with van der Waals surface area (Å²) in [5.74, 6) is 2.78. The van der Waals surface area contributed by atoms with Gasteiger partial charge in [-0.15, -0.1) is 0 Å². The third kappa shape index (κ3) is 11.4. The fraction of sp³-hybridized carbons (Fsp3) is 0.220. The summed E-state index contributed by atoms with van der Waals surface area (Å²) in [5.41, 5.74) is 10.6. The molecule has 8 N–H and O–H groups in total. The van der Waals surface area contributed by atoms with Gasteiger partial charge in [0.1, 0.15) is 4.90 Å². The predicted octanol–water partition coefficient (Wildman–Crippen LogP) is 5.10. The molecular weight excluding hydrogens is 769 g/mol. The maximum atomic E-state index is 11.7. The number of aromatic nitrogens is 6. The molecule has 4 aromatic carbocycles. The van der Waals surface area contributed by atoms with E-state index in [0.717, 1.165) is 80.5 Å². The predicted molar refractivity (Wildman–Crippen MR) is 233 cm³/mol. The number of hydrogen-bond acceptors (Lipinski definition) is 16. The summed E-state index contributed by atoms with van der Waals surface area (Å²) in [6.45, 7) is 8.87. The number of nitrogen functional groups attached to an aromatic ring is 1. The normalized spacial score (nSPS) is 14.3. The average molecular weight is 815 g/mol. The van der Waals surface area contributed by atoms with Gasteiger partial charge in [0, 0.05) is 69.4 Å². The molecule has 59 heavy (non-hydrogen) atoms. The van der Waals surface area contributed by atoms with E-state index in [1.165, 1.54) is 6.07 Å². The Bertz CT molecular complexity index is 2460. The fourth-order valence-corrected chi connectivity index (χ4v) is 7.01. The highest BCUT2D eigenvalue weighted by molar-refractivity contribution is 7.85. The Morgan fingerprint density at radius 3 is 1.61 bits per heavy atom. The number of piperazine rings is 2. The highest BCUT2D eigenvalue weighted by Gasteiger charge is 2.18. The summed E-state index contributed by atoms with van der Waals surface area (Å²) >= 11 is 0. The molecule has 2 saturated heterocycles. The smallest absolute Gasteiger partial charge is 0.295 e. The third-order valence-electron chi connectivity index (χ3n) is 9.29. The van der Waals surface area contributed by atoms with Crippen LogP contribution in [0.4, 0.5) is 52.8 Å². The number of nitrogens with one attached hydrogen (secondary N) is 5. The molecule has 0 atom stereocenters. The minimum Gasteiger partial charge on any atom is -0.368 e. The van der Waals surface area contributed by atoms with Crippen molar-refractivity contribution in [1.29, 1.82) is 0 Å². The number of benzene rings is 4. The Balaban J connectivity index is 0.000000221. The van der Waals surface area contributed by atoms with Crippen molar-refractivity contribution >= 4 is 75.0 Å². The Hall–Kier alpha value is -6.73. The lowest BCUT2D eigenvalue weighted by molar-refractivity contribution is 0.483. The van der Waals surface area contributed by atoms with E-state index in [0.29, 0.717) is 35.3 Å². The number of rotatable bonds is 11. The summed E-state index contributed by atoms with van der Waals surface area (Å²) in [5, 5.41) is 16.3. The molecule has 2 aromatic heterocycles. The number of anilines is 9. The minimum atomic E-state index is -4.32. The van der Waals surface area contributed by atoms with E-state index in [1.807, 2.05) is 91.9 Å². The van der Waals surface area contributed by atoms with Crippen molar-refractivity contribution in [3.8, 4) is 0 Å². The van der Waals surface area contributed by atoms with Crippen LogP contribution in [0.3, 0.4) is 0 Å². The van der Waals surface area contributed by atoms with Gasteiger partial charge < -0.3 is 42.1 Å². The lowest BCUT2D eigenvalue weighted by Crippen LogP contribution is -2.44. The maximum absolute atomic E-state index is 11.7. The Morgan fingerprint density at radius 1 is 0.593 bits per heavy atom. The molecule has 4 heterocycles. The van der Waals surface area contributed by atoms with Gasteiger partial charge in [-0.25, -0.2) is 0 Å². The maximum Gasteiger partial charge on any atom is 0.295 e. The third-order valence-corrected chi connectivity index (χ3v) is 10.2. The summed E-state index contributed by atoms with van der Waals surface area (Å²) in [4.78, 5) is 30.8. The van der Waals surface area contributed by atoms with E-state index in [1.54, 1.807) is 24.3 Å². The molecule has 0 amide bonds. The molecule has 0 saturated carbocycles. The molecule has 18 heteroatoms. The first-order chi connectivity index (χ1) is 28.7. The van der Waals surface area contributed by atoms with E-state index in [2.05, 4.69) is 66.3 Å². The van der Waals surface area contributed by atoms with Gasteiger partial charge in [-0.3, -0.25) is 4.55 Å². The number of para-hydroxylation sites is 2. The van der Waals surface area contributed by atoms with Crippen molar-refractivity contribution in [2.45, 2.75) is 11.8 Å². The van der Waals surface area contributed by atoms with Crippen LogP contribution >= 0.6 is 0 Å². The second-order valence-electron chi connectivity index (χ2n) is 13.6. The molecule has 2 fully saturated rings. The number of nitrogens with zero attached hydrogens (tertiary/aromatic N) is 8. The second-order valence-corrected chi connectivity index (χ2v) is 15.0. The number of hydrogen-bond donors (Lipinski definition) is 7. The zero-order chi connectivity index (χ0) is 41.0. The highest BCUT2D eigenvalue weighted by atomic mass is 32.2. The van der Waals surface area contributed by atoms with Gasteiger partial charge in [0.2, 0.25) is 35.7 Å². The van der Waals surface area contributed by atoms with Crippen molar-refractivity contribution in [3.63, 3.8) is 0 Å². The molecule has 2 aliphatic heterocycles. The van der Waals surface area contributed by atoms with Crippen molar-refractivity contribution in [3.05, 3.63) is 120 Å². The topological polar surface area (TPSA) is 224 Å². The van der Waals surface area contributed by atoms with Crippen LogP contribution in [0, 0.1) is 6.92 Å². The van der Waals surface area contributed by atoms with Crippen LogP contribution in [0.25, 0.3) is 12.2 Å². The molecule has 0 unspecified atom stereocenters. The summed E-state index contributed by atoms with van der Waals surface area (Å²) in [6, 6.07) is 31.6. The Labute approximate surface area is 343 Å². The molecule has 2 aliphatic rings. The zero-order valence-electron chi connectivity index (χ0n) is 32.5. The van der Waals surface area contributed by atoms with Crippen LogP contribution in [-0.4, -0.2) is 95.2 Å². The van der Waals surface area contributed by atoms with Gasteiger partial charge >= 0.3 is 0 Å². The number of nitrogens with two attached hydrogens (primary N) is 1. The van der Waals surface area contributed by atoms with Gasteiger partial charge in [0.05, 0.1) is 0 Å². The highest BCUT2D eigenvalue weighted by Crippen LogP contribution is 2.25. The zero-order valence-corrected chi connectivity index (χ0v) is 33.3. The fourth-order valence-electron chi connectivity index (χ4n) is 6.33. The molecule has 304 valence electrons. The molecule has 0 aliphatic carbocycles. The first-order valence-corrected chi connectivity index (χ1v) is 20.6. The standard InChI is InChI=1S/C28H29N7O3S.C13H17N7/c1-20-19-24(14-13-21(20)11-12-22-7-5-6-10-25(22)39(36,37)38)31-27-32-26(30-23-8-3-2-4-9-23)33-28(34-27)35-17-15-29-16-18-35;14-11-17-12(16-10-4-2-1-3-5-10)19-13(18-11)20-8-6-15-7-9-20/h2-14,19,29H,15-18H2,1H3,(H,36,37,38)(H2,30,31,32,33,34);1-5,15H,6-9H2,(H3,14,16,17,18,19)/b12-11+;. The van der Waals surface area contributed by atoms with E-state index >= 15 is 0 Å². The van der Waals surface area contributed by atoms with Crippen LogP contribution in [0.2, 0.25) is 0 Å². The minimum absolute atomic E-state index is 0.132. The van der Waals surface area contributed by atoms with Gasteiger partial charge in [-0.05, 0) is 66.1 Å². The van der Waals surface area contributed by atoms with Gasteiger partial charge in [-0.2, -0.15) is 38.3 Å². The quantitative estimate of drug-likeness (QED) is 0.0667. The molecule has 8 rings (SSSR count). The molecular formula is C41H46N14O3S. The molecule has 0 radical (unpaired) electrons. The Morgan fingerprint density at radius 2 is 1.07 bits per heavy atom. The van der Waals surface area contributed by atoms with Gasteiger partial charge in [0.15, 0.2) is 0 Å². The summed E-state index contributed by atoms with van der Waals surface area (Å²) in [7, 11) is -4.32.